The van der Waals surface area contributed by atoms with Gasteiger partial charge in [-0.25, -0.2) is 18.7 Å². The third kappa shape index (κ3) is 7.72. The SMILES string of the molecule is CC(C)(C)CCOc1cccc(-c2ccc3nc2-c2ccccc2C(F)(F)CCCCCNc2cccc(n2)S(=O)(=O)N3)c1. The number of fused-ring (bicyclic) bond motifs is 6. The monoisotopic (exact) mass is 620 g/mol. The van der Waals surface area contributed by atoms with Crippen LogP contribution in [0.25, 0.3) is 22.4 Å². The first-order valence-electron chi connectivity index (χ1n) is 14.9. The van der Waals surface area contributed by atoms with Crippen molar-refractivity contribution in [1.29, 1.82) is 0 Å². The molecule has 44 heavy (non-hydrogen) atoms. The first kappa shape index (κ1) is 31.4. The minimum atomic E-state index is -4.13. The summed E-state index contributed by atoms with van der Waals surface area (Å²) in [4.78, 5) is 8.92. The van der Waals surface area contributed by atoms with Crippen LogP contribution >= 0.6 is 0 Å². The molecule has 232 valence electrons. The summed E-state index contributed by atoms with van der Waals surface area (Å²) in [5, 5.41) is 2.92. The lowest BCUT2D eigenvalue weighted by molar-refractivity contribution is -0.0151. The van der Waals surface area contributed by atoms with Gasteiger partial charge in [-0.05, 0) is 66.6 Å². The van der Waals surface area contributed by atoms with Crippen LogP contribution in [-0.2, 0) is 15.9 Å². The van der Waals surface area contributed by atoms with Gasteiger partial charge in [0, 0.05) is 29.7 Å². The highest BCUT2D eigenvalue weighted by Gasteiger charge is 2.34. The number of anilines is 2. The molecule has 2 N–H and O–H groups in total. The van der Waals surface area contributed by atoms with Crippen molar-refractivity contribution in [1.82, 2.24) is 9.97 Å². The first-order valence-corrected chi connectivity index (χ1v) is 16.4. The Hall–Kier alpha value is -4.05. The van der Waals surface area contributed by atoms with Crippen molar-refractivity contribution in [2.75, 3.05) is 23.2 Å². The van der Waals surface area contributed by atoms with E-state index in [-0.39, 0.29) is 39.5 Å². The minimum Gasteiger partial charge on any atom is -0.494 e. The van der Waals surface area contributed by atoms with Crippen molar-refractivity contribution in [2.45, 2.75) is 63.8 Å². The van der Waals surface area contributed by atoms with Gasteiger partial charge in [0.1, 0.15) is 17.4 Å². The summed E-state index contributed by atoms with van der Waals surface area (Å²) in [6.07, 6.45) is 2.06. The molecule has 3 heterocycles. The zero-order chi connectivity index (χ0) is 31.4. The molecule has 1 aliphatic rings. The highest BCUT2D eigenvalue weighted by Crippen LogP contribution is 2.42. The molecule has 0 fully saturated rings. The van der Waals surface area contributed by atoms with E-state index in [4.69, 9.17) is 4.74 Å². The fourth-order valence-electron chi connectivity index (χ4n) is 5.04. The van der Waals surface area contributed by atoms with Crippen LogP contribution in [0, 0.1) is 5.41 Å². The highest BCUT2D eigenvalue weighted by molar-refractivity contribution is 7.92. The van der Waals surface area contributed by atoms with Gasteiger partial charge in [-0.2, -0.15) is 8.42 Å². The molecule has 0 spiro atoms. The molecule has 1 aliphatic heterocycles. The van der Waals surface area contributed by atoms with Gasteiger partial charge in [-0.3, -0.25) is 4.72 Å². The molecule has 0 unspecified atom stereocenters. The average molecular weight is 621 g/mol. The lowest BCUT2D eigenvalue weighted by Crippen LogP contribution is -2.17. The quantitative estimate of drug-likeness (QED) is 0.238. The van der Waals surface area contributed by atoms with E-state index in [2.05, 4.69) is 40.8 Å². The minimum absolute atomic E-state index is 0.0103. The lowest BCUT2D eigenvalue weighted by atomic mass is 9.91. The topological polar surface area (TPSA) is 93.2 Å². The van der Waals surface area contributed by atoms with E-state index in [9.17, 15) is 8.42 Å². The van der Waals surface area contributed by atoms with E-state index >= 15 is 8.78 Å². The zero-order valence-corrected chi connectivity index (χ0v) is 26.1. The number of rotatable bonds is 4. The summed E-state index contributed by atoms with van der Waals surface area (Å²) in [7, 11) is -4.13. The Morgan fingerprint density at radius 3 is 2.48 bits per heavy atom. The standard InChI is InChI=1S/C34H38F2N4O3S/c1-33(2,3)20-22-43-25-12-9-11-24(23-25)26-17-18-30-39-32(26)27-13-5-6-14-28(27)34(35,36)19-7-4-8-21-37-29-15-10-16-31(38-29)44(41,42)40-30/h5-6,9-18,23H,4,7-8,19-22H2,1-3H3,(H,37,38)(H,39,40). The van der Waals surface area contributed by atoms with Gasteiger partial charge in [0.2, 0.25) is 0 Å². The van der Waals surface area contributed by atoms with Crippen molar-refractivity contribution in [2.24, 2.45) is 5.41 Å². The molecule has 2 aromatic heterocycles. The molecular formula is C34H38F2N4O3S. The van der Waals surface area contributed by atoms with Gasteiger partial charge in [0.05, 0.1) is 12.3 Å². The summed E-state index contributed by atoms with van der Waals surface area (Å²) in [6, 6.07) is 21.6. The number of alkyl halides is 2. The van der Waals surface area contributed by atoms with E-state index in [1.165, 1.54) is 18.2 Å². The number of nitrogens with one attached hydrogen (secondary N) is 2. The van der Waals surface area contributed by atoms with Gasteiger partial charge >= 0.3 is 0 Å². The van der Waals surface area contributed by atoms with E-state index in [1.54, 1.807) is 36.4 Å². The predicted molar refractivity (Wildman–Crippen MR) is 171 cm³/mol. The number of ether oxygens (including phenoxy) is 1. The van der Waals surface area contributed by atoms with Crippen molar-refractivity contribution in [3.05, 3.63) is 84.4 Å². The van der Waals surface area contributed by atoms with E-state index < -0.39 is 15.9 Å². The third-order valence-corrected chi connectivity index (χ3v) is 8.70. The van der Waals surface area contributed by atoms with Crippen LogP contribution in [0.5, 0.6) is 5.75 Å². The molecule has 0 amide bonds. The molecule has 0 aliphatic carbocycles. The number of pyridine rings is 2. The molecule has 4 aromatic rings. The molecule has 4 bridgehead atoms. The zero-order valence-electron chi connectivity index (χ0n) is 25.2. The van der Waals surface area contributed by atoms with Crippen LogP contribution in [0.2, 0.25) is 0 Å². The fourth-order valence-corrected chi connectivity index (χ4v) is 6.01. The Morgan fingerprint density at radius 1 is 0.864 bits per heavy atom. The maximum Gasteiger partial charge on any atom is 0.280 e. The number of aromatic nitrogens is 2. The van der Waals surface area contributed by atoms with Crippen molar-refractivity contribution < 1.29 is 21.9 Å². The normalized spacial score (nSPS) is 16.5. The molecule has 7 nitrogen and oxygen atoms in total. The van der Waals surface area contributed by atoms with Crippen molar-refractivity contribution in [3.63, 3.8) is 0 Å². The number of benzene rings is 2. The van der Waals surface area contributed by atoms with Gasteiger partial charge in [0.15, 0.2) is 5.03 Å². The largest absolute Gasteiger partial charge is 0.494 e. The maximum absolute atomic E-state index is 15.9. The Bertz CT molecular complexity index is 1720. The second-order valence-corrected chi connectivity index (χ2v) is 13.9. The Balaban J connectivity index is 1.62. The Labute approximate surface area is 258 Å². The Kier molecular flexibility index (Phi) is 9.20. The average Bonchev–Trinajstić information content (AvgIpc) is 2.98. The van der Waals surface area contributed by atoms with Crippen LogP contribution in [0.1, 0.15) is 58.4 Å². The van der Waals surface area contributed by atoms with Gasteiger partial charge in [-0.1, -0.05) is 69.7 Å². The molecule has 10 heteroatoms. The second kappa shape index (κ2) is 12.9. The van der Waals surface area contributed by atoms with E-state index in [0.29, 0.717) is 55.1 Å². The molecular weight excluding hydrogens is 582 g/mol. The van der Waals surface area contributed by atoms with Crippen LogP contribution in [0.15, 0.2) is 83.9 Å². The second-order valence-electron chi connectivity index (χ2n) is 12.2. The third-order valence-electron chi connectivity index (χ3n) is 7.45. The van der Waals surface area contributed by atoms with E-state index in [1.807, 2.05) is 24.3 Å². The van der Waals surface area contributed by atoms with Crippen LogP contribution in [0.4, 0.5) is 20.4 Å². The van der Waals surface area contributed by atoms with Crippen LogP contribution in [0.3, 0.4) is 0 Å². The number of nitrogens with zero attached hydrogens (tertiary/aromatic N) is 2. The molecule has 5 rings (SSSR count). The van der Waals surface area contributed by atoms with Crippen molar-refractivity contribution >= 4 is 21.7 Å². The maximum atomic E-state index is 15.9. The van der Waals surface area contributed by atoms with Crippen LogP contribution < -0.4 is 14.8 Å². The molecule has 0 saturated carbocycles. The smallest absolute Gasteiger partial charge is 0.280 e. The summed E-state index contributed by atoms with van der Waals surface area (Å²) in [5.74, 6) is -2.10. The number of halogens is 2. The summed E-state index contributed by atoms with van der Waals surface area (Å²) in [5.41, 5.74) is 1.71. The number of hydrogen-bond donors (Lipinski definition) is 2. The van der Waals surface area contributed by atoms with Crippen molar-refractivity contribution in [3.8, 4) is 28.1 Å². The van der Waals surface area contributed by atoms with E-state index in [0.717, 1.165) is 6.42 Å². The molecule has 0 saturated heterocycles. The van der Waals surface area contributed by atoms with Gasteiger partial charge in [-0.15, -0.1) is 0 Å². The molecule has 0 atom stereocenters. The summed E-state index contributed by atoms with van der Waals surface area (Å²) >= 11 is 0. The lowest BCUT2D eigenvalue weighted by Gasteiger charge is -2.22. The first-order chi connectivity index (χ1) is 20.9. The Morgan fingerprint density at radius 2 is 1.66 bits per heavy atom. The summed E-state index contributed by atoms with van der Waals surface area (Å²) in [6.45, 7) is 7.44. The number of hydrogen-bond acceptors (Lipinski definition) is 6. The predicted octanol–water partition coefficient (Wildman–Crippen LogP) is 8.50. The molecule has 0 radical (unpaired) electrons. The van der Waals surface area contributed by atoms with Crippen LogP contribution in [-0.4, -0.2) is 31.5 Å². The fraction of sp³-hybridized carbons (Fsp3) is 0.353. The highest BCUT2D eigenvalue weighted by atomic mass is 32.2. The number of sulfonamides is 1. The van der Waals surface area contributed by atoms with Gasteiger partial charge < -0.3 is 10.1 Å². The molecule has 2 aromatic carbocycles. The summed E-state index contributed by atoms with van der Waals surface area (Å²) < 4.78 is 67.0. The van der Waals surface area contributed by atoms with Gasteiger partial charge in [0.25, 0.3) is 15.9 Å².